The van der Waals surface area contributed by atoms with E-state index in [4.69, 9.17) is 22.1 Å². The molecule has 5 nitrogen and oxygen atoms in total. The summed E-state index contributed by atoms with van der Waals surface area (Å²) in [5.41, 5.74) is 4.75. The summed E-state index contributed by atoms with van der Waals surface area (Å²) in [5, 5.41) is 4.89. The molecule has 1 atom stereocenters. The highest BCUT2D eigenvalue weighted by Gasteiger charge is 2.36. The van der Waals surface area contributed by atoms with E-state index in [1.165, 1.54) is 17.8 Å². The molecule has 8 heteroatoms. The molecule has 1 aromatic heterocycles. The van der Waals surface area contributed by atoms with Gasteiger partial charge in [0.1, 0.15) is 22.5 Å². The van der Waals surface area contributed by atoms with Crippen molar-refractivity contribution in [2.75, 3.05) is 0 Å². The van der Waals surface area contributed by atoms with Gasteiger partial charge in [-0.2, -0.15) is 5.10 Å². The van der Waals surface area contributed by atoms with Crippen LogP contribution >= 0.6 is 24.0 Å². The lowest BCUT2D eigenvalue weighted by Gasteiger charge is -2.23. The summed E-state index contributed by atoms with van der Waals surface area (Å²) in [6.45, 7) is 2.11. The topological polar surface area (TPSA) is 47.4 Å². The second-order valence-corrected chi connectivity index (χ2v) is 11.4. The van der Waals surface area contributed by atoms with Crippen LogP contribution in [0.15, 0.2) is 120 Å². The van der Waals surface area contributed by atoms with Gasteiger partial charge in [0.2, 0.25) is 0 Å². The molecule has 1 saturated heterocycles. The molecule has 1 amide bonds. The van der Waals surface area contributed by atoms with Crippen molar-refractivity contribution in [1.82, 2.24) is 14.7 Å². The number of benzene rings is 4. The van der Waals surface area contributed by atoms with E-state index in [2.05, 4.69) is 0 Å². The van der Waals surface area contributed by atoms with Crippen molar-refractivity contribution in [1.29, 1.82) is 0 Å². The first-order chi connectivity index (χ1) is 20.5. The van der Waals surface area contributed by atoms with Gasteiger partial charge in [-0.3, -0.25) is 9.69 Å². The Kier molecular flexibility index (Phi) is 7.99. The summed E-state index contributed by atoms with van der Waals surface area (Å²) in [5.74, 6) is 0.187. The molecule has 5 aromatic rings. The normalized spacial score (nSPS) is 14.9. The van der Waals surface area contributed by atoms with Gasteiger partial charge in [0, 0.05) is 22.9 Å². The van der Waals surface area contributed by atoms with Gasteiger partial charge in [-0.05, 0) is 61.0 Å². The van der Waals surface area contributed by atoms with Crippen LogP contribution < -0.4 is 4.74 Å². The number of rotatable bonds is 8. The number of carbonyl (C=O) groups excluding carboxylic acids is 1. The van der Waals surface area contributed by atoms with Gasteiger partial charge in [-0.1, -0.05) is 90.7 Å². The molecule has 0 saturated carbocycles. The van der Waals surface area contributed by atoms with Crippen LogP contribution in [-0.2, 0) is 11.4 Å². The number of carbonyl (C=O) groups is 1. The lowest BCUT2D eigenvalue weighted by atomic mass is 10.1. The van der Waals surface area contributed by atoms with Crippen molar-refractivity contribution >= 4 is 40.3 Å². The van der Waals surface area contributed by atoms with Crippen molar-refractivity contribution in [2.24, 2.45) is 0 Å². The van der Waals surface area contributed by atoms with Crippen LogP contribution in [0.3, 0.4) is 0 Å². The van der Waals surface area contributed by atoms with Gasteiger partial charge in [-0.25, -0.2) is 9.07 Å². The van der Waals surface area contributed by atoms with Crippen molar-refractivity contribution in [3.8, 4) is 22.7 Å². The van der Waals surface area contributed by atoms with Crippen LogP contribution in [0, 0.1) is 5.82 Å². The van der Waals surface area contributed by atoms with E-state index >= 15 is 0 Å². The van der Waals surface area contributed by atoms with E-state index in [1.807, 2.05) is 104 Å². The number of halogens is 1. The summed E-state index contributed by atoms with van der Waals surface area (Å²) in [4.78, 5) is 15.8. The van der Waals surface area contributed by atoms with E-state index in [0.29, 0.717) is 26.2 Å². The standard InChI is InChI=1S/C34H26FN3O2S2/c1-23(24-10-4-2-5-11-24)38-33(39)31(42-34(38)41)20-27-21-37(28-13-6-3-7-14-28)36-32(27)25-16-18-29(19-17-25)40-22-26-12-8-9-15-30(26)35/h2-21,23H,22H2,1H3/b31-20-/t23-/m1/s1. The third-order valence-corrected chi connectivity index (χ3v) is 8.35. The third kappa shape index (κ3) is 5.77. The fourth-order valence-corrected chi connectivity index (χ4v) is 6.16. The van der Waals surface area contributed by atoms with Crippen LogP contribution in [0.1, 0.15) is 29.7 Å². The number of thiocarbonyl (C=S) groups is 1. The van der Waals surface area contributed by atoms with E-state index < -0.39 is 0 Å². The quantitative estimate of drug-likeness (QED) is 0.134. The highest BCUT2D eigenvalue weighted by atomic mass is 32.2. The van der Waals surface area contributed by atoms with Crippen LogP contribution in [0.4, 0.5) is 4.39 Å². The predicted molar refractivity (Wildman–Crippen MR) is 170 cm³/mol. The first-order valence-electron chi connectivity index (χ1n) is 13.4. The molecule has 0 unspecified atom stereocenters. The Morgan fingerprint density at radius 2 is 1.60 bits per heavy atom. The van der Waals surface area contributed by atoms with Gasteiger partial charge in [0.25, 0.3) is 5.91 Å². The summed E-state index contributed by atoms with van der Waals surface area (Å²) >= 11 is 6.94. The van der Waals surface area contributed by atoms with Crippen molar-refractivity contribution in [3.63, 3.8) is 0 Å². The molecule has 1 fully saturated rings. The number of para-hydroxylation sites is 1. The van der Waals surface area contributed by atoms with Gasteiger partial charge < -0.3 is 4.74 Å². The molecule has 0 aliphatic carbocycles. The molecule has 1 aliphatic rings. The third-order valence-electron chi connectivity index (χ3n) is 7.02. The largest absolute Gasteiger partial charge is 0.489 e. The molecular formula is C34H26FN3O2S2. The van der Waals surface area contributed by atoms with E-state index in [9.17, 15) is 9.18 Å². The van der Waals surface area contributed by atoms with Gasteiger partial charge in [0.15, 0.2) is 0 Å². The Bertz CT molecular complexity index is 1770. The molecule has 0 N–H and O–H groups in total. The summed E-state index contributed by atoms with van der Waals surface area (Å²) in [6, 6.07) is 33.5. The zero-order valence-electron chi connectivity index (χ0n) is 22.7. The van der Waals surface area contributed by atoms with Gasteiger partial charge >= 0.3 is 0 Å². The lowest BCUT2D eigenvalue weighted by molar-refractivity contribution is -0.123. The zero-order valence-corrected chi connectivity index (χ0v) is 24.3. The summed E-state index contributed by atoms with van der Waals surface area (Å²) in [7, 11) is 0. The zero-order chi connectivity index (χ0) is 29.1. The predicted octanol–water partition coefficient (Wildman–Crippen LogP) is 8.22. The molecule has 6 rings (SSSR count). The maximum absolute atomic E-state index is 14.0. The highest BCUT2D eigenvalue weighted by molar-refractivity contribution is 8.26. The maximum atomic E-state index is 14.0. The molecule has 0 radical (unpaired) electrons. The molecule has 2 heterocycles. The van der Waals surface area contributed by atoms with Gasteiger partial charge in [0.05, 0.1) is 22.3 Å². The Morgan fingerprint density at radius 1 is 0.929 bits per heavy atom. The summed E-state index contributed by atoms with van der Waals surface area (Å²) < 4.78 is 22.2. The van der Waals surface area contributed by atoms with Crippen LogP contribution in [0.25, 0.3) is 23.0 Å². The van der Waals surface area contributed by atoms with E-state index in [1.54, 1.807) is 27.8 Å². The van der Waals surface area contributed by atoms with Crippen molar-refractivity contribution in [2.45, 2.75) is 19.6 Å². The summed E-state index contributed by atoms with van der Waals surface area (Å²) in [6.07, 6.45) is 3.78. The van der Waals surface area contributed by atoms with Crippen LogP contribution in [-0.4, -0.2) is 24.9 Å². The molecule has 1 aliphatic heterocycles. The number of ether oxygens (including phenoxy) is 1. The first-order valence-corrected chi connectivity index (χ1v) is 14.6. The molecule has 0 spiro atoms. The van der Waals surface area contributed by atoms with Crippen LogP contribution in [0.5, 0.6) is 5.75 Å². The smallest absolute Gasteiger partial charge is 0.266 e. The SMILES string of the molecule is C[C@H](c1ccccc1)N1C(=O)/C(=C/c2cn(-c3ccccc3)nc2-c2ccc(OCc3ccccc3F)cc2)SC1=S. The lowest BCUT2D eigenvalue weighted by Crippen LogP contribution is -2.30. The molecular weight excluding hydrogens is 566 g/mol. The average molecular weight is 592 g/mol. The Labute approximate surface area is 253 Å². The fourth-order valence-electron chi connectivity index (χ4n) is 4.75. The molecule has 208 valence electrons. The Hall–Kier alpha value is -4.53. The van der Waals surface area contributed by atoms with Crippen molar-refractivity contribution in [3.05, 3.63) is 143 Å². The fraction of sp³-hybridized carbons (Fsp3) is 0.0882. The number of nitrogens with zero attached hydrogens (tertiary/aromatic N) is 3. The maximum Gasteiger partial charge on any atom is 0.266 e. The molecule has 0 bridgehead atoms. The highest BCUT2D eigenvalue weighted by Crippen LogP contribution is 2.39. The average Bonchev–Trinajstić information content (AvgIpc) is 3.57. The molecule has 4 aromatic carbocycles. The number of hydrogen-bond acceptors (Lipinski definition) is 5. The van der Waals surface area contributed by atoms with Gasteiger partial charge in [-0.15, -0.1) is 0 Å². The monoisotopic (exact) mass is 591 g/mol. The van der Waals surface area contributed by atoms with Crippen LogP contribution in [0.2, 0.25) is 0 Å². The minimum Gasteiger partial charge on any atom is -0.489 e. The number of thioether (sulfide) groups is 1. The minimum atomic E-state index is -0.297. The first kappa shape index (κ1) is 27.6. The Balaban J connectivity index is 1.31. The Morgan fingerprint density at radius 3 is 2.31 bits per heavy atom. The number of hydrogen-bond donors (Lipinski definition) is 0. The molecule has 42 heavy (non-hydrogen) atoms. The van der Waals surface area contributed by atoms with E-state index in [0.717, 1.165) is 22.4 Å². The van der Waals surface area contributed by atoms with Crippen molar-refractivity contribution < 1.29 is 13.9 Å². The van der Waals surface area contributed by atoms with E-state index in [-0.39, 0.29) is 24.4 Å². The second-order valence-electron chi connectivity index (χ2n) is 9.76. The number of aromatic nitrogens is 2. The minimum absolute atomic E-state index is 0.128. The second kappa shape index (κ2) is 12.1. The number of amides is 1.